The van der Waals surface area contributed by atoms with Gasteiger partial charge in [0.05, 0.1) is 24.7 Å². The van der Waals surface area contributed by atoms with Crippen LogP contribution in [0, 0.1) is 5.41 Å². The Morgan fingerprint density at radius 2 is 2.08 bits per heavy atom. The van der Waals surface area contributed by atoms with Crippen molar-refractivity contribution in [2.75, 3.05) is 13.2 Å². The van der Waals surface area contributed by atoms with Gasteiger partial charge in [-0.05, 0) is 33.6 Å². The average Bonchev–Trinajstić information content (AvgIpc) is 2.84. The third kappa shape index (κ3) is 3.35. The summed E-state index contributed by atoms with van der Waals surface area (Å²) < 4.78 is 10.4. The van der Waals surface area contributed by atoms with Gasteiger partial charge in [-0.3, -0.25) is 4.79 Å². The number of carbonyl (C=O) groups excluding carboxylic acids is 1. The van der Waals surface area contributed by atoms with Crippen LogP contribution in [0.25, 0.3) is 0 Å². The van der Waals surface area contributed by atoms with Gasteiger partial charge in [-0.1, -0.05) is 0 Å². The highest BCUT2D eigenvalue weighted by molar-refractivity contribution is 5.76. The summed E-state index contributed by atoms with van der Waals surface area (Å²) in [5.41, 5.74) is -0.501. The van der Waals surface area contributed by atoms with Gasteiger partial charge >= 0.3 is 5.97 Å². The summed E-state index contributed by atoms with van der Waals surface area (Å²) in [5, 5.41) is 0. The first-order chi connectivity index (χ1) is 6.06. The molecule has 0 spiro atoms. The van der Waals surface area contributed by atoms with Crippen LogP contribution >= 0.6 is 0 Å². The summed E-state index contributed by atoms with van der Waals surface area (Å²) in [6.07, 6.45) is 2.67. The van der Waals surface area contributed by atoms with Gasteiger partial charge in [-0.15, -0.1) is 0 Å². The van der Waals surface area contributed by atoms with E-state index >= 15 is 0 Å². The molecule has 0 aliphatic heterocycles. The Labute approximate surface area is 79.4 Å². The van der Waals surface area contributed by atoms with Gasteiger partial charge in [-0.25, -0.2) is 0 Å². The molecule has 0 aromatic carbocycles. The second kappa shape index (κ2) is 4.09. The fourth-order valence-corrected chi connectivity index (χ4v) is 0.946. The highest BCUT2D eigenvalue weighted by Gasteiger charge is 2.32. The van der Waals surface area contributed by atoms with Crippen LogP contribution in [0.2, 0.25) is 0 Å². The molecule has 0 aromatic rings. The molecule has 3 heteroatoms. The monoisotopic (exact) mass is 186 g/mol. The van der Waals surface area contributed by atoms with E-state index < -0.39 is 5.41 Å². The Balaban J connectivity index is 2.28. The predicted octanol–water partition coefficient (Wildman–Crippen LogP) is 1.75. The van der Waals surface area contributed by atoms with E-state index in [2.05, 4.69) is 0 Å². The lowest BCUT2D eigenvalue weighted by atomic mass is 9.95. The summed E-state index contributed by atoms with van der Waals surface area (Å²) in [6.45, 7) is 6.43. The maximum absolute atomic E-state index is 11.4. The lowest BCUT2D eigenvalue weighted by Crippen LogP contribution is -2.31. The smallest absolute Gasteiger partial charge is 0.313 e. The van der Waals surface area contributed by atoms with Gasteiger partial charge in [0.2, 0.25) is 0 Å². The quantitative estimate of drug-likeness (QED) is 0.614. The van der Waals surface area contributed by atoms with Crippen LogP contribution in [-0.4, -0.2) is 25.3 Å². The Hall–Kier alpha value is -0.570. The summed E-state index contributed by atoms with van der Waals surface area (Å²) in [6, 6.07) is 0. The summed E-state index contributed by atoms with van der Waals surface area (Å²) in [7, 11) is 0. The second-order valence-electron chi connectivity index (χ2n) is 4.11. The molecule has 0 bridgehead atoms. The summed E-state index contributed by atoms with van der Waals surface area (Å²) in [5.74, 6) is -0.171. The fourth-order valence-electron chi connectivity index (χ4n) is 0.946. The first kappa shape index (κ1) is 10.5. The molecule has 1 saturated carbocycles. The van der Waals surface area contributed by atoms with E-state index in [1.165, 1.54) is 0 Å². The number of hydrogen-bond acceptors (Lipinski definition) is 3. The van der Waals surface area contributed by atoms with Crippen LogP contribution in [0.1, 0.15) is 33.6 Å². The van der Waals surface area contributed by atoms with Gasteiger partial charge in [-0.2, -0.15) is 0 Å². The molecule has 0 radical (unpaired) electrons. The average molecular weight is 186 g/mol. The molecule has 13 heavy (non-hydrogen) atoms. The highest BCUT2D eigenvalue weighted by atomic mass is 16.5. The van der Waals surface area contributed by atoms with Crippen molar-refractivity contribution >= 4 is 5.97 Å². The first-order valence-corrected chi connectivity index (χ1v) is 4.85. The second-order valence-corrected chi connectivity index (χ2v) is 4.11. The topological polar surface area (TPSA) is 35.5 Å². The van der Waals surface area contributed by atoms with Crippen LogP contribution in [0.4, 0.5) is 0 Å². The van der Waals surface area contributed by atoms with Crippen molar-refractivity contribution in [1.29, 1.82) is 0 Å². The minimum Gasteiger partial charge on any atom is -0.466 e. The molecular formula is C10H18O3. The van der Waals surface area contributed by atoms with Crippen molar-refractivity contribution in [3.05, 3.63) is 0 Å². The van der Waals surface area contributed by atoms with Crippen LogP contribution in [0.3, 0.4) is 0 Å². The number of hydrogen-bond donors (Lipinski definition) is 0. The minimum atomic E-state index is -0.501. The van der Waals surface area contributed by atoms with E-state index in [0.29, 0.717) is 19.3 Å². The molecule has 3 nitrogen and oxygen atoms in total. The maximum atomic E-state index is 11.4. The number of ether oxygens (including phenoxy) is 2. The molecule has 0 saturated heterocycles. The zero-order valence-electron chi connectivity index (χ0n) is 8.63. The van der Waals surface area contributed by atoms with Gasteiger partial charge in [0.25, 0.3) is 0 Å². The molecule has 0 aromatic heterocycles. The van der Waals surface area contributed by atoms with Crippen molar-refractivity contribution in [3.63, 3.8) is 0 Å². The largest absolute Gasteiger partial charge is 0.466 e. The van der Waals surface area contributed by atoms with Crippen molar-refractivity contribution < 1.29 is 14.3 Å². The number of carbonyl (C=O) groups is 1. The molecule has 0 atom stereocenters. The molecule has 1 aliphatic carbocycles. The molecule has 0 unspecified atom stereocenters. The maximum Gasteiger partial charge on any atom is 0.313 e. The van der Waals surface area contributed by atoms with E-state index in [1.54, 1.807) is 0 Å². The third-order valence-electron chi connectivity index (χ3n) is 2.03. The van der Waals surface area contributed by atoms with Crippen molar-refractivity contribution in [1.82, 2.24) is 0 Å². The first-order valence-electron chi connectivity index (χ1n) is 4.85. The molecule has 0 N–H and O–H groups in total. The third-order valence-corrected chi connectivity index (χ3v) is 2.03. The van der Waals surface area contributed by atoms with Gasteiger partial charge in [0.1, 0.15) is 0 Å². The molecule has 0 amide bonds. The van der Waals surface area contributed by atoms with Crippen LogP contribution in [-0.2, 0) is 14.3 Å². The SMILES string of the molecule is CCOC(=O)C(C)(C)COC1CC1. The predicted molar refractivity (Wildman–Crippen MR) is 49.4 cm³/mol. The Morgan fingerprint density at radius 3 is 2.54 bits per heavy atom. The normalized spacial score (nSPS) is 17.2. The number of rotatable bonds is 5. The van der Waals surface area contributed by atoms with E-state index in [0.717, 1.165) is 12.8 Å². The summed E-state index contributed by atoms with van der Waals surface area (Å²) in [4.78, 5) is 11.4. The standard InChI is InChI=1S/C10H18O3/c1-4-12-9(11)10(2,3)7-13-8-5-6-8/h8H,4-7H2,1-3H3. The van der Waals surface area contributed by atoms with Gasteiger partial charge < -0.3 is 9.47 Å². The molecule has 1 rings (SSSR count). The lowest BCUT2D eigenvalue weighted by Gasteiger charge is -2.21. The van der Waals surface area contributed by atoms with E-state index in [4.69, 9.17) is 9.47 Å². The lowest BCUT2D eigenvalue weighted by molar-refractivity contribution is -0.157. The Morgan fingerprint density at radius 1 is 1.46 bits per heavy atom. The molecule has 0 heterocycles. The van der Waals surface area contributed by atoms with Crippen molar-refractivity contribution in [2.45, 2.75) is 39.7 Å². The molecular weight excluding hydrogens is 168 g/mol. The summed E-state index contributed by atoms with van der Waals surface area (Å²) >= 11 is 0. The van der Waals surface area contributed by atoms with Crippen LogP contribution < -0.4 is 0 Å². The molecule has 1 aliphatic rings. The van der Waals surface area contributed by atoms with Crippen LogP contribution in [0.15, 0.2) is 0 Å². The Kier molecular flexibility index (Phi) is 3.31. The number of esters is 1. The molecule has 1 fully saturated rings. The highest BCUT2D eigenvalue weighted by Crippen LogP contribution is 2.27. The van der Waals surface area contributed by atoms with Gasteiger partial charge in [0, 0.05) is 0 Å². The minimum absolute atomic E-state index is 0.171. The van der Waals surface area contributed by atoms with E-state index in [9.17, 15) is 4.79 Å². The fraction of sp³-hybridized carbons (Fsp3) is 0.900. The van der Waals surface area contributed by atoms with Crippen molar-refractivity contribution in [2.24, 2.45) is 5.41 Å². The van der Waals surface area contributed by atoms with Crippen LogP contribution in [0.5, 0.6) is 0 Å². The molecule has 76 valence electrons. The van der Waals surface area contributed by atoms with E-state index in [1.807, 2.05) is 20.8 Å². The zero-order chi connectivity index (χ0) is 9.90. The Bertz CT molecular complexity index is 183. The van der Waals surface area contributed by atoms with E-state index in [-0.39, 0.29) is 5.97 Å². The van der Waals surface area contributed by atoms with Crippen molar-refractivity contribution in [3.8, 4) is 0 Å². The van der Waals surface area contributed by atoms with Gasteiger partial charge in [0.15, 0.2) is 0 Å². The zero-order valence-corrected chi connectivity index (χ0v) is 8.63.